The average Bonchev–Trinajstić information content (AvgIpc) is 3.13. The number of halogens is 1. The maximum absolute atomic E-state index is 14.2. The van der Waals surface area contributed by atoms with Crippen LogP contribution in [0.3, 0.4) is 0 Å². The predicted octanol–water partition coefficient (Wildman–Crippen LogP) is 11.9. The molecule has 2 aliphatic rings. The first kappa shape index (κ1) is 27.7. The highest BCUT2D eigenvalue weighted by Gasteiger charge is 2.49. The normalized spacial score (nSPS) is 13.5. The Morgan fingerprint density at radius 1 is 0.447 bits per heavy atom. The van der Waals surface area contributed by atoms with Gasteiger partial charge in [-0.25, -0.2) is 4.39 Å². The van der Waals surface area contributed by atoms with E-state index >= 15 is 0 Å². The third-order valence-corrected chi connectivity index (χ3v) is 10.4. The molecule has 0 aliphatic carbocycles. The average molecular weight is 626 g/mol. The molecule has 0 saturated carbocycles. The second-order valence-electron chi connectivity index (χ2n) is 11.8. The summed E-state index contributed by atoms with van der Waals surface area (Å²) in [4.78, 5) is 4.65. The number of ether oxygens (including phenoxy) is 1. The molecule has 0 atom stereocenters. The van der Waals surface area contributed by atoms with Gasteiger partial charge in [-0.05, 0) is 95.1 Å². The zero-order chi connectivity index (χ0) is 31.4. The number of nitrogens with zero attached hydrogens (tertiary/aromatic N) is 1. The minimum atomic E-state index is -0.607. The number of hydrogen-bond acceptors (Lipinski definition) is 3. The van der Waals surface area contributed by atoms with Crippen molar-refractivity contribution in [1.29, 1.82) is 0 Å². The highest BCUT2D eigenvalue weighted by atomic mass is 32.2. The fourth-order valence-electron chi connectivity index (χ4n) is 7.21. The third kappa shape index (κ3) is 4.40. The molecule has 0 unspecified atom stereocenters. The van der Waals surface area contributed by atoms with E-state index in [0.717, 1.165) is 50.8 Å². The molecule has 0 bridgehead atoms. The van der Waals surface area contributed by atoms with Crippen molar-refractivity contribution in [3.05, 3.63) is 198 Å². The molecule has 4 heteroatoms. The molecule has 9 rings (SSSR count). The second-order valence-corrected chi connectivity index (χ2v) is 12.9. The van der Waals surface area contributed by atoms with Gasteiger partial charge >= 0.3 is 0 Å². The van der Waals surface area contributed by atoms with Gasteiger partial charge in [-0.1, -0.05) is 109 Å². The molecule has 224 valence electrons. The van der Waals surface area contributed by atoms with E-state index in [1.165, 1.54) is 33.1 Å². The first-order chi connectivity index (χ1) is 23.2. The molecule has 0 N–H and O–H groups in total. The van der Waals surface area contributed by atoms with Crippen LogP contribution in [0.15, 0.2) is 180 Å². The molecule has 0 fully saturated rings. The molecule has 47 heavy (non-hydrogen) atoms. The van der Waals surface area contributed by atoms with Gasteiger partial charge in [0.15, 0.2) is 0 Å². The smallest absolute Gasteiger partial charge is 0.132 e. The summed E-state index contributed by atoms with van der Waals surface area (Å²) in [5.41, 5.74) is 9.14. The Kier molecular flexibility index (Phi) is 6.51. The Morgan fingerprint density at radius 2 is 0.957 bits per heavy atom. The van der Waals surface area contributed by atoms with E-state index in [9.17, 15) is 4.39 Å². The van der Waals surface area contributed by atoms with Crippen LogP contribution in [-0.4, -0.2) is 0 Å². The summed E-state index contributed by atoms with van der Waals surface area (Å²) < 4.78 is 20.9. The highest BCUT2D eigenvalue weighted by Crippen LogP contribution is 2.62. The lowest BCUT2D eigenvalue weighted by molar-refractivity contribution is 0.431. The maximum Gasteiger partial charge on any atom is 0.132 e. The minimum absolute atomic E-state index is 0.268. The predicted molar refractivity (Wildman–Crippen MR) is 189 cm³/mol. The van der Waals surface area contributed by atoms with E-state index in [2.05, 4.69) is 138 Å². The number of benzene rings is 7. The molecule has 0 radical (unpaired) electrons. The lowest BCUT2D eigenvalue weighted by Crippen LogP contribution is -2.36. The largest absolute Gasteiger partial charge is 0.457 e. The molecule has 0 aromatic heterocycles. The van der Waals surface area contributed by atoms with Gasteiger partial charge in [-0.3, -0.25) is 0 Å². The van der Waals surface area contributed by atoms with E-state index < -0.39 is 5.41 Å². The van der Waals surface area contributed by atoms with E-state index in [1.807, 2.05) is 36.0 Å². The van der Waals surface area contributed by atoms with Crippen molar-refractivity contribution in [3.63, 3.8) is 0 Å². The Labute approximate surface area is 277 Å². The Bertz CT molecular complexity index is 2160. The summed E-state index contributed by atoms with van der Waals surface area (Å²) >= 11 is 1.82. The van der Waals surface area contributed by atoms with Crippen molar-refractivity contribution in [3.8, 4) is 22.6 Å². The quantitative estimate of drug-likeness (QED) is 0.193. The topological polar surface area (TPSA) is 12.5 Å². The zero-order valence-electron chi connectivity index (χ0n) is 25.3. The van der Waals surface area contributed by atoms with Crippen LogP contribution in [0.2, 0.25) is 0 Å². The van der Waals surface area contributed by atoms with Gasteiger partial charge in [0.25, 0.3) is 0 Å². The molecule has 7 aromatic rings. The Balaban J connectivity index is 1.29. The molecule has 0 amide bonds. The second kappa shape index (κ2) is 11.0. The summed E-state index contributed by atoms with van der Waals surface area (Å²) in [5, 5.41) is 0. The molecular formula is C43H28FNOS. The molecule has 7 aromatic carbocycles. The molecule has 0 saturated heterocycles. The zero-order valence-corrected chi connectivity index (χ0v) is 26.1. The van der Waals surface area contributed by atoms with Crippen molar-refractivity contribution in [1.82, 2.24) is 0 Å². The van der Waals surface area contributed by atoms with Crippen molar-refractivity contribution in [2.24, 2.45) is 0 Å². The van der Waals surface area contributed by atoms with Crippen LogP contribution >= 0.6 is 11.8 Å². The van der Waals surface area contributed by atoms with Crippen LogP contribution in [0, 0.1) is 5.82 Å². The number of anilines is 3. The maximum atomic E-state index is 14.2. The van der Waals surface area contributed by atoms with Crippen LogP contribution in [0.4, 0.5) is 21.5 Å². The number of rotatable bonds is 4. The van der Waals surface area contributed by atoms with E-state index in [4.69, 9.17) is 4.74 Å². The monoisotopic (exact) mass is 625 g/mol. The summed E-state index contributed by atoms with van der Waals surface area (Å²) in [7, 11) is 0. The van der Waals surface area contributed by atoms with Crippen molar-refractivity contribution >= 4 is 28.8 Å². The summed E-state index contributed by atoms with van der Waals surface area (Å²) in [6.45, 7) is 0. The van der Waals surface area contributed by atoms with E-state index in [-0.39, 0.29) is 5.82 Å². The number of hydrogen-bond donors (Lipinski definition) is 0. The van der Waals surface area contributed by atoms with Gasteiger partial charge in [0.05, 0.1) is 5.41 Å². The lowest BCUT2D eigenvalue weighted by atomic mass is 9.63. The van der Waals surface area contributed by atoms with Gasteiger partial charge in [-0.2, -0.15) is 0 Å². The standard InChI is InChI=1S/C43H28FNOS/c44-31-20-24-33(25-21-31)45(32-22-18-30(19-23-32)29-10-2-1-3-11-29)34-26-27-40-38(28-34)43(35-12-4-7-15-39(35)46-40)36-13-5-8-16-41(36)47-42-17-9-6-14-37(42)43/h1-28H. The van der Waals surface area contributed by atoms with Gasteiger partial charge in [0.2, 0.25) is 0 Å². The molecule has 2 nitrogen and oxygen atoms in total. The number of para-hydroxylation sites is 1. The van der Waals surface area contributed by atoms with Gasteiger partial charge in [-0.15, -0.1) is 0 Å². The Hall–Kier alpha value is -5.58. The van der Waals surface area contributed by atoms with Crippen LogP contribution < -0.4 is 9.64 Å². The summed E-state index contributed by atoms with van der Waals surface area (Å²) in [5.74, 6) is 1.41. The molecule has 1 spiro atoms. The fraction of sp³-hybridized carbons (Fsp3) is 0.0233. The molecule has 2 heterocycles. The highest BCUT2D eigenvalue weighted by molar-refractivity contribution is 7.99. The van der Waals surface area contributed by atoms with Gasteiger partial charge in [0, 0.05) is 38.0 Å². The van der Waals surface area contributed by atoms with Crippen LogP contribution in [0.1, 0.15) is 22.3 Å². The summed E-state index contributed by atoms with van der Waals surface area (Å²) in [6, 6.07) is 58.0. The minimum Gasteiger partial charge on any atom is -0.457 e. The van der Waals surface area contributed by atoms with Crippen molar-refractivity contribution in [2.45, 2.75) is 15.2 Å². The molecular weight excluding hydrogens is 598 g/mol. The third-order valence-electron chi connectivity index (χ3n) is 9.26. The first-order valence-electron chi connectivity index (χ1n) is 15.7. The van der Waals surface area contributed by atoms with Crippen LogP contribution in [-0.2, 0) is 5.41 Å². The van der Waals surface area contributed by atoms with Crippen LogP contribution in [0.5, 0.6) is 11.5 Å². The first-order valence-corrected chi connectivity index (χ1v) is 16.5. The lowest BCUT2D eigenvalue weighted by Gasteiger charge is -2.45. The fourth-order valence-corrected chi connectivity index (χ4v) is 8.41. The van der Waals surface area contributed by atoms with Crippen molar-refractivity contribution < 1.29 is 9.13 Å². The van der Waals surface area contributed by atoms with Crippen LogP contribution in [0.25, 0.3) is 11.1 Å². The summed E-state index contributed by atoms with van der Waals surface area (Å²) in [6.07, 6.45) is 0. The van der Waals surface area contributed by atoms with Gasteiger partial charge < -0.3 is 9.64 Å². The Morgan fingerprint density at radius 3 is 1.64 bits per heavy atom. The van der Waals surface area contributed by atoms with E-state index in [0.29, 0.717) is 0 Å². The van der Waals surface area contributed by atoms with Gasteiger partial charge in [0.1, 0.15) is 17.3 Å². The van der Waals surface area contributed by atoms with Crippen molar-refractivity contribution in [2.75, 3.05) is 4.90 Å². The number of fused-ring (bicyclic) bond motifs is 8. The SMILES string of the molecule is Fc1ccc(N(c2ccc(-c3ccccc3)cc2)c2ccc3c(c2)C2(c4ccccc4O3)c3ccccc3Sc3ccccc32)cc1. The van der Waals surface area contributed by atoms with E-state index in [1.54, 1.807) is 0 Å². The molecule has 2 aliphatic heterocycles.